The van der Waals surface area contributed by atoms with Gasteiger partial charge in [0.15, 0.2) is 0 Å². The van der Waals surface area contributed by atoms with E-state index in [0.29, 0.717) is 23.5 Å². The first-order chi connectivity index (χ1) is 8.83. The van der Waals surface area contributed by atoms with E-state index in [1.54, 1.807) is 0 Å². The Kier molecular flexibility index (Phi) is 5.75. The van der Waals surface area contributed by atoms with Crippen LogP contribution in [0.1, 0.15) is 26.2 Å². The van der Waals surface area contributed by atoms with Crippen LogP contribution in [0.25, 0.3) is 0 Å². The molecule has 0 fully saturated rings. The first-order valence-corrected chi connectivity index (χ1v) is 6.91. The molecule has 106 valence electrons. The van der Waals surface area contributed by atoms with E-state index >= 15 is 0 Å². The highest BCUT2D eigenvalue weighted by atomic mass is 32.2. The fourth-order valence-electron chi connectivity index (χ4n) is 1.48. The molecule has 1 aromatic carbocycles. The zero-order chi connectivity index (χ0) is 14.5. The minimum absolute atomic E-state index is 0.370. The van der Waals surface area contributed by atoms with Gasteiger partial charge in [0.05, 0.1) is 0 Å². The average Bonchev–Trinajstić information content (AvgIpc) is 2.31. The Morgan fingerprint density at radius 3 is 2.68 bits per heavy atom. The zero-order valence-electron chi connectivity index (χ0n) is 10.7. The van der Waals surface area contributed by atoms with Crippen LogP contribution in [0.2, 0.25) is 0 Å². The number of benzene rings is 1. The predicted octanol–water partition coefficient (Wildman–Crippen LogP) is 3.03. The van der Waals surface area contributed by atoms with E-state index in [9.17, 15) is 13.6 Å². The maximum Gasteiger partial charge on any atom is 0.323 e. The molecule has 0 aromatic heterocycles. The van der Waals surface area contributed by atoms with E-state index < -0.39 is 23.1 Å². The van der Waals surface area contributed by atoms with Crippen molar-refractivity contribution in [3.05, 3.63) is 29.8 Å². The summed E-state index contributed by atoms with van der Waals surface area (Å²) < 4.78 is 26.0. The van der Waals surface area contributed by atoms with Gasteiger partial charge in [-0.05, 0) is 37.7 Å². The number of aliphatic carboxylic acids is 1. The summed E-state index contributed by atoms with van der Waals surface area (Å²) in [7, 11) is 0. The number of carboxylic acids is 1. The van der Waals surface area contributed by atoms with Crippen LogP contribution in [0.4, 0.5) is 8.78 Å². The van der Waals surface area contributed by atoms with Crippen molar-refractivity contribution in [2.24, 2.45) is 5.73 Å². The standard InChI is InChI=1S/C13H17F2NO2S/c1-13(16,12(17)18)6-2-3-7-19-11-5-4-9(14)8-10(11)15/h4-5,8H,2-3,6-7,16H2,1H3,(H,17,18). The van der Waals surface area contributed by atoms with Crippen molar-refractivity contribution in [2.75, 3.05) is 5.75 Å². The summed E-state index contributed by atoms with van der Waals surface area (Å²) >= 11 is 1.28. The van der Waals surface area contributed by atoms with Crippen LogP contribution in [-0.4, -0.2) is 22.4 Å². The fourth-order valence-corrected chi connectivity index (χ4v) is 2.41. The average molecular weight is 289 g/mol. The third kappa shape index (κ3) is 5.16. The van der Waals surface area contributed by atoms with Gasteiger partial charge in [0, 0.05) is 11.0 Å². The van der Waals surface area contributed by atoms with Crippen molar-refractivity contribution >= 4 is 17.7 Å². The zero-order valence-corrected chi connectivity index (χ0v) is 11.5. The van der Waals surface area contributed by atoms with Crippen LogP contribution in [0.5, 0.6) is 0 Å². The number of halogens is 2. The molecule has 3 N–H and O–H groups in total. The second-order valence-corrected chi connectivity index (χ2v) is 5.74. The molecule has 1 unspecified atom stereocenters. The molecule has 1 aromatic rings. The van der Waals surface area contributed by atoms with Gasteiger partial charge in [-0.2, -0.15) is 0 Å². The summed E-state index contributed by atoms with van der Waals surface area (Å²) in [6, 6.07) is 3.47. The lowest BCUT2D eigenvalue weighted by atomic mass is 9.97. The van der Waals surface area contributed by atoms with Crippen LogP contribution in [-0.2, 0) is 4.79 Å². The monoisotopic (exact) mass is 289 g/mol. The van der Waals surface area contributed by atoms with Gasteiger partial charge in [-0.25, -0.2) is 8.78 Å². The highest BCUT2D eigenvalue weighted by molar-refractivity contribution is 7.99. The van der Waals surface area contributed by atoms with Crippen molar-refractivity contribution < 1.29 is 18.7 Å². The Bertz CT molecular complexity index is 452. The number of rotatable bonds is 7. The van der Waals surface area contributed by atoms with Crippen LogP contribution in [0.3, 0.4) is 0 Å². The van der Waals surface area contributed by atoms with Crippen LogP contribution in [0.15, 0.2) is 23.1 Å². The van der Waals surface area contributed by atoms with Gasteiger partial charge in [-0.15, -0.1) is 11.8 Å². The quantitative estimate of drug-likeness (QED) is 0.598. The van der Waals surface area contributed by atoms with E-state index in [0.717, 1.165) is 12.5 Å². The predicted molar refractivity (Wildman–Crippen MR) is 71.2 cm³/mol. The van der Waals surface area contributed by atoms with Crippen molar-refractivity contribution in [3.8, 4) is 0 Å². The lowest BCUT2D eigenvalue weighted by Crippen LogP contribution is -2.44. The SMILES string of the molecule is CC(N)(CCCCSc1ccc(F)cc1F)C(=O)O. The molecule has 0 aliphatic heterocycles. The Labute approximate surface area is 115 Å². The maximum atomic E-state index is 13.3. The number of carbonyl (C=O) groups is 1. The molecule has 0 saturated heterocycles. The molecule has 19 heavy (non-hydrogen) atoms. The molecule has 0 bridgehead atoms. The molecule has 3 nitrogen and oxygen atoms in total. The summed E-state index contributed by atoms with van der Waals surface area (Å²) in [5.74, 6) is -1.55. The fraction of sp³-hybridized carbons (Fsp3) is 0.462. The first kappa shape index (κ1) is 15.9. The molecule has 0 heterocycles. The smallest absolute Gasteiger partial charge is 0.323 e. The maximum absolute atomic E-state index is 13.3. The number of nitrogens with two attached hydrogens (primary N) is 1. The Hall–Kier alpha value is -1.14. The number of carboxylic acid groups (broad SMARTS) is 1. The highest BCUT2D eigenvalue weighted by Crippen LogP contribution is 2.24. The molecule has 6 heteroatoms. The number of hydrogen-bond donors (Lipinski definition) is 2. The second kappa shape index (κ2) is 6.86. The summed E-state index contributed by atoms with van der Waals surface area (Å²) in [5.41, 5.74) is 4.37. The van der Waals surface area contributed by atoms with E-state index in [-0.39, 0.29) is 0 Å². The molecule has 0 aliphatic rings. The third-order valence-electron chi connectivity index (χ3n) is 2.73. The van der Waals surface area contributed by atoms with E-state index in [4.69, 9.17) is 10.8 Å². The van der Waals surface area contributed by atoms with Gasteiger partial charge in [-0.3, -0.25) is 4.79 Å². The molecule has 0 aliphatic carbocycles. The van der Waals surface area contributed by atoms with Gasteiger partial charge in [0.25, 0.3) is 0 Å². The van der Waals surface area contributed by atoms with Crippen molar-refractivity contribution in [1.82, 2.24) is 0 Å². The molecule has 0 amide bonds. The lowest BCUT2D eigenvalue weighted by Gasteiger charge is -2.18. The summed E-state index contributed by atoms with van der Waals surface area (Å²) in [6.45, 7) is 1.47. The normalized spacial score (nSPS) is 14.1. The number of hydrogen-bond acceptors (Lipinski definition) is 3. The van der Waals surface area contributed by atoms with Gasteiger partial charge < -0.3 is 10.8 Å². The van der Waals surface area contributed by atoms with Crippen LogP contribution >= 0.6 is 11.8 Å². The summed E-state index contributed by atoms with van der Waals surface area (Å²) in [6.07, 6.45) is 1.74. The molecule has 0 radical (unpaired) electrons. The Morgan fingerprint density at radius 1 is 1.42 bits per heavy atom. The Morgan fingerprint density at radius 2 is 2.11 bits per heavy atom. The number of unbranched alkanes of at least 4 members (excludes halogenated alkanes) is 1. The minimum Gasteiger partial charge on any atom is -0.480 e. The van der Waals surface area contributed by atoms with Crippen LogP contribution in [0, 0.1) is 11.6 Å². The Balaban J connectivity index is 2.30. The molecular weight excluding hydrogens is 272 g/mol. The van der Waals surface area contributed by atoms with Crippen molar-refractivity contribution in [1.29, 1.82) is 0 Å². The second-order valence-electron chi connectivity index (χ2n) is 4.60. The van der Waals surface area contributed by atoms with Gasteiger partial charge in [0.2, 0.25) is 0 Å². The molecule has 1 atom stereocenters. The lowest BCUT2D eigenvalue weighted by molar-refractivity contribution is -0.142. The van der Waals surface area contributed by atoms with Gasteiger partial charge in [0.1, 0.15) is 17.2 Å². The molecule has 0 saturated carbocycles. The topological polar surface area (TPSA) is 63.3 Å². The summed E-state index contributed by atoms with van der Waals surface area (Å²) in [4.78, 5) is 11.2. The molecular formula is C13H17F2NO2S. The third-order valence-corrected chi connectivity index (χ3v) is 3.87. The van der Waals surface area contributed by atoms with E-state index in [2.05, 4.69) is 0 Å². The largest absolute Gasteiger partial charge is 0.480 e. The van der Waals surface area contributed by atoms with Gasteiger partial charge >= 0.3 is 5.97 Å². The van der Waals surface area contributed by atoms with Crippen LogP contribution < -0.4 is 5.73 Å². The van der Waals surface area contributed by atoms with E-state index in [1.807, 2.05) is 0 Å². The first-order valence-electron chi connectivity index (χ1n) is 5.93. The van der Waals surface area contributed by atoms with Crippen molar-refractivity contribution in [2.45, 2.75) is 36.6 Å². The van der Waals surface area contributed by atoms with Gasteiger partial charge in [-0.1, -0.05) is 6.42 Å². The molecule has 1 rings (SSSR count). The van der Waals surface area contributed by atoms with E-state index in [1.165, 1.54) is 30.8 Å². The van der Waals surface area contributed by atoms with Crippen molar-refractivity contribution in [3.63, 3.8) is 0 Å². The highest BCUT2D eigenvalue weighted by Gasteiger charge is 2.26. The number of thioether (sulfide) groups is 1. The summed E-state index contributed by atoms with van der Waals surface area (Å²) in [5, 5.41) is 8.82. The molecule has 0 spiro atoms. The minimum atomic E-state index is -1.22.